The van der Waals surface area contributed by atoms with E-state index in [1.54, 1.807) is 0 Å². The molecule has 0 saturated carbocycles. The summed E-state index contributed by atoms with van der Waals surface area (Å²) in [6.07, 6.45) is 7.95. The first-order valence-corrected chi connectivity index (χ1v) is 11.8. The Morgan fingerprint density at radius 3 is 1.93 bits per heavy atom. The van der Waals surface area contributed by atoms with E-state index in [2.05, 4.69) is 86.8 Å². The highest BCUT2D eigenvalue weighted by molar-refractivity contribution is 5.24. The minimum atomic E-state index is -0.625. The molecule has 2 aromatic carbocycles. The highest BCUT2D eigenvalue weighted by Crippen LogP contribution is 2.47. The zero-order valence-electron chi connectivity index (χ0n) is 18.6. The fourth-order valence-corrected chi connectivity index (χ4v) is 5.57. The Labute approximate surface area is 177 Å². The van der Waals surface area contributed by atoms with Gasteiger partial charge in [-0.1, -0.05) is 114 Å². The van der Waals surface area contributed by atoms with E-state index < -0.39 is 5.60 Å². The lowest BCUT2D eigenvalue weighted by Crippen LogP contribution is -2.93. The molecule has 0 amide bonds. The van der Waals surface area contributed by atoms with Gasteiger partial charge in [0.25, 0.3) is 0 Å². The molecule has 1 aliphatic rings. The maximum atomic E-state index is 12.3. The molecule has 0 aromatic heterocycles. The molecule has 2 aromatic rings. The maximum absolute atomic E-state index is 12.3. The molecule has 2 nitrogen and oxygen atoms in total. The molecule has 0 radical (unpaired) electrons. The Balaban J connectivity index is 1.98. The van der Waals surface area contributed by atoms with Crippen LogP contribution in [0.15, 0.2) is 60.7 Å². The summed E-state index contributed by atoms with van der Waals surface area (Å²) < 4.78 is 0. The third-order valence-corrected chi connectivity index (χ3v) is 7.22. The normalized spacial score (nSPS) is 29.7. The fourth-order valence-electron chi connectivity index (χ4n) is 5.57. The summed E-state index contributed by atoms with van der Waals surface area (Å²) in [5.74, 6) is 0.509. The third-order valence-electron chi connectivity index (χ3n) is 7.22. The van der Waals surface area contributed by atoms with Gasteiger partial charge in [0.05, 0.1) is 5.60 Å². The number of unbranched alkanes of at least 4 members (excludes halogenated alkanes) is 3. The van der Waals surface area contributed by atoms with Gasteiger partial charge >= 0.3 is 0 Å². The van der Waals surface area contributed by atoms with Crippen molar-refractivity contribution in [2.75, 3.05) is 0 Å². The number of hydrogen-bond donors (Lipinski definition) is 2. The minimum Gasteiger partial charge on any atom is -0.389 e. The smallest absolute Gasteiger partial charge is 0.118 e. The average Bonchev–Trinajstić information content (AvgIpc) is 2.76. The Bertz CT molecular complexity index is 716. The lowest BCUT2D eigenvalue weighted by molar-refractivity contribution is -0.765. The van der Waals surface area contributed by atoms with Crippen LogP contribution in [0.3, 0.4) is 0 Å². The molecular formula is C27H40NO+. The van der Waals surface area contributed by atoms with Crippen molar-refractivity contribution in [3.63, 3.8) is 0 Å². The highest BCUT2D eigenvalue weighted by Gasteiger charge is 2.54. The van der Waals surface area contributed by atoms with Crippen molar-refractivity contribution >= 4 is 0 Å². The summed E-state index contributed by atoms with van der Waals surface area (Å²) in [7, 11) is 0. The second kappa shape index (κ2) is 10.4. The van der Waals surface area contributed by atoms with Crippen LogP contribution in [0.5, 0.6) is 0 Å². The molecule has 1 aliphatic heterocycles. The molecule has 0 bridgehead atoms. The van der Waals surface area contributed by atoms with E-state index in [1.165, 1.54) is 30.4 Å². The van der Waals surface area contributed by atoms with Crippen LogP contribution in [0, 0.1) is 11.8 Å². The fraction of sp³-hybridized carbons (Fsp3) is 0.556. The van der Waals surface area contributed by atoms with Crippen molar-refractivity contribution < 1.29 is 10.4 Å². The molecule has 5 unspecified atom stereocenters. The summed E-state index contributed by atoms with van der Waals surface area (Å²) in [5, 5.41) is 14.8. The first-order valence-electron chi connectivity index (χ1n) is 11.8. The van der Waals surface area contributed by atoms with Crippen LogP contribution in [0.4, 0.5) is 0 Å². The molecule has 1 heterocycles. The SMILES string of the molecule is CCCCCCC1(O)C(C)C(c2ccccc2)[NH2+]C(c2ccccc2)C1CCC. The molecule has 2 heteroatoms. The predicted molar refractivity (Wildman–Crippen MR) is 122 cm³/mol. The molecule has 29 heavy (non-hydrogen) atoms. The molecule has 0 spiro atoms. The van der Waals surface area contributed by atoms with E-state index in [1.807, 2.05) is 0 Å². The summed E-state index contributed by atoms with van der Waals surface area (Å²) in [6, 6.07) is 22.3. The summed E-state index contributed by atoms with van der Waals surface area (Å²) in [5.41, 5.74) is 2.06. The first-order chi connectivity index (χ1) is 14.1. The first kappa shape index (κ1) is 22.1. The number of benzene rings is 2. The van der Waals surface area contributed by atoms with Crippen molar-refractivity contribution in [3.05, 3.63) is 71.8 Å². The van der Waals surface area contributed by atoms with Crippen molar-refractivity contribution in [2.24, 2.45) is 11.8 Å². The van der Waals surface area contributed by atoms with Crippen molar-refractivity contribution in [3.8, 4) is 0 Å². The quantitative estimate of drug-likeness (QED) is 0.518. The number of aliphatic hydroxyl groups is 1. The molecule has 3 N–H and O–H groups in total. The van der Waals surface area contributed by atoms with Gasteiger partial charge in [-0.3, -0.25) is 0 Å². The van der Waals surface area contributed by atoms with Gasteiger partial charge in [0.1, 0.15) is 12.1 Å². The van der Waals surface area contributed by atoms with Gasteiger partial charge in [-0.05, 0) is 12.8 Å². The highest BCUT2D eigenvalue weighted by atomic mass is 16.3. The van der Waals surface area contributed by atoms with E-state index in [9.17, 15) is 5.11 Å². The Kier molecular flexibility index (Phi) is 7.91. The average molecular weight is 395 g/mol. The Morgan fingerprint density at radius 1 is 0.793 bits per heavy atom. The molecule has 5 atom stereocenters. The monoisotopic (exact) mass is 394 g/mol. The van der Waals surface area contributed by atoms with Crippen LogP contribution in [-0.4, -0.2) is 10.7 Å². The van der Waals surface area contributed by atoms with Crippen molar-refractivity contribution in [2.45, 2.75) is 83.4 Å². The van der Waals surface area contributed by atoms with Crippen LogP contribution in [0.1, 0.15) is 88.9 Å². The second-order valence-electron chi connectivity index (χ2n) is 9.05. The number of quaternary nitrogens is 1. The van der Waals surface area contributed by atoms with Crippen LogP contribution in [0.25, 0.3) is 0 Å². The molecule has 0 aliphatic carbocycles. The molecule has 3 rings (SSSR count). The predicted octanol–water partition coefficient (Wildman–Crippen LogP) is 5.80. The Morgan fingerprint density at radius 2 is 1.38 bits per heavy atom. The lowest BCUT2D eigenvalue weighted by Gasteiger charge is -2.51. The summed E-state index contributed by atoms with van der Waals surface area (Å²) >= 11 is 0. The van der Waals surface area contributed by atoms with Crippen LogP contribution in [-0.2, 0) is 0 Å². The summed E-state index contributed by atoms with van der Waals surface area (Å²) in [6.45, 7) is 6.80. The van der Waals surface area contributed by atoms with Crippen LogP contribution >= 0.6 is 0 Å². The maximum Gasteiger partial charge on any atom is 0.118 e. The van der Waals surface area contributed by atoms with Gasteiger partial charge < -0.3 is 10.4 Å². The van der Waals surface area contributed by atoms with E-state index >= 15 is 0 Å². The van der Waals surface area contributed by atoms with Crippen LogP contribution in [0.2, 0.25) is 0 Å². The standard InChI is InChI=1S/C27H39NO/c1-4-6-7-14-20-27(29)21(3)25(22-16-10-8-11-17-22)28-26(24(27)15-5-2)23-18-12-9-13-19-23/h8-13,16-19,21,24-26,28-29H,4-7,14-15,20H2,1-3H3/p+1. The number of rotatable bonds is 9. The van der Waals surface area contributed by atoms with E-state index in [4.69, 9.17) is 0 Å². The Hall–Kier alpha value is -1.64. The van der Waals surface area contributed by atoms with Gasteiger partial charge in [0.15, 0.2) is 0 Å². The van der Waals surface area contributed by atoms with Crippen LogP contribution < -0.4 is 5.32 Å². The van der Waals surface area contributed by atoms with Gasteiger partial charge in [0, 0.05) is 23.0 Å². The lowest BCUT2D eigenvalue weighted by atomic mass is 9.62. The summed E-state index contributed by atoms with van der Waals surface area (Å²) in [4.78, 5) is 0. The van der Waals surface area contributed by atoms with Gasteiger partial charge in [-0.2, -0.15) is 0 Å². The zero-order chi connectivity index (χ0) is 20.7. The molecule has 1 fully saturated rings. The van der Waals surface area contributed by atoms with Crippen molar-refractivity contribution in [1.82, 2.24) is 0 Å². The molecule has 158 valence electrons. The minimum absolute atomic E-state index is 0.225. The van der Waals surface area contributed by atoms with Gasteiger partial charge in [-0.25, -0.2) is 0 Å². The largest absolute Gasteiger partial charge is 0.389 e. The molecular weight excluding hydrogens is 354 g/mol. The van der Waals surface area contributed by atoms with E-state index in [0.29, 0.717) is 6.04 Å². The molecule has 1 saturated heterocycles. The van der Waals surface area contributed by atoms with E-state index in [0.717, 1.165) is 25.7 Å². The zero-order valence-corrected chi connectivity index (χ0v) is 18.6. The van der Waals surface area contributed by atoms with E-state index in [-0.39, 0.29) is 17.9 Å². The number of piperidine rings is 1. The second-order valence-corrected chi connectivity index (χ2v) is 9.05. The topological polar surface area (TPSA) is 36.8 Å². The van der Waals surface area contributed by atoms with Gasteiger partial charge in [-0.15, -0.1) is 0 Å². The number of hydrogen-bond acceptors (Lipinski definition) is 1. The third kappa shape index (κ3) is 4.92. The number of nitrogens with two attached hydrogens (primary N) is 1. The van der Waals surface area contributed by atoms with Crippen molar-refractivity contribution in [1.29, 1.82) is 0 Å². The van der Waals surface area contributed by atoms with Gasteiger partial charge in [0.2, 0.25) is 0 Å².